The van der Waals surface area contributed by atoms with Crippen molar-refractivity contribution in [2.45, 2.75) is 19.8 Å². The Hall–Kier alpha value is -4.97. The Balaban J connectivity index is 1.35. The van der Waals surface area contributed by atoms with E-state index in [2.05, 4.69) is 10.6 Å². The number of carbonyl (C=O) groups is 3. The molecule has 5 rings (SSSR count). The molecule has 0 aliphatic carbocycles. The first-order valence-electron chi connectivity index (χ1n) is 13.4. The summed E-state index contributed by atoms with van der Waals surface area (Å²) in [5.41, 5.74) is 7.27. The predicted molar refractivity (Wildman–Crippen MR) is 160 cm³/mol. The summed E-state index contributed by atoms with van der Waals surface area (Å²) in [4.78, 5) is 40.7. The van der Waals surface area contributed by atoms with Crippen molar-refractivity contribution >= 4 is 34.7 Å². The highest BCUT2D eigenvalue weighted by molar-refractivity contribution is 6.10. The zero-order valence-electron chi connectivity index (χ0n) is 22.6. The normalized spacial score (nSPS) is 13.8. The van der Waals surface area contributed by atoms with Gasteiger partial charge in [0.1, 0.15) is 0 Å². The summed E-state index contributed by atoms with van der Waals surface area (Å²) in [5, 5.41) is 5.61. The Bertz CT molecular complexity index is 1590. The highest BCUT2D eigenvalue weighted by Crippen LogP contribution is 2.34. The van der Waals surface area contributed by atoms with Crippen LogP contribution in [0, 0.1) is 6.92 Å². The maximum absolute atomic E-state index is 13.6. The van der Waals surface area contributed by atoms with E-state index in [-0.39, 0.29) is 17.7 Å². The number of nitrogens with zero attached hydrogens (tertiary/aromatic N) is 1. The number of allylic oxidation sites excluding steroid dienone is 1. The van der Waals surface area contributed by atoms with Gasteiger partial charge in [-0.25, -0.2) is 0 Å². The summed E-state index contributed by atoms with van der Waals surface area (Å²) in [6.07, 6.45) is 3.04. The van der Waals surface area contributed by atoms with Crippen molar-refractivity contribution in [2.24, 2.45) is 0 Å². The van der Waals surface area contributed by atoms with Gasteiger partial charge >= 0.3 is 0 Å². The molecule has 0 aromatic heterocycles. The number of fused-ring (bicyclic) bond motifs is 1. The van der Waals surface area contributed by atoms with Crippen LogP contribution in [0.5, 0.6) is 0 Å². The van der Waals surface area contributed by atoms with Crippen LogP contribution in [0.25, 0.3) is 16.7 Å². The molecular weight excluding hydrogens is 498 g/mol. The van der Waals surface area contributed by atoms with Crippen LogP contribution in [-0.2, 0) is 4.79 Å². The van der Waals surface area contributed by atoms with E-state index < -0.39 is 0 Å². The minimum atomic E-state index is -0.216. The Morgan fingerprint density at radius 3 is 2.20 bits per heavy atom. The van der Waals surface area contributed by atoms with Crippen molar-refractivity contribution in [1.29, 1.82) is 0 Å². The molecule has 2 N–H and O–H groups in total. The SMILES string of the molecule is CNC(=O)/C=C1\CCCN(C(=O)c2ccc(NC(=O)c3ccccc3-c3ccc(C)cc3)cc2)c2ccccc21. The Morgan fingerprint density at radius 2 is 1.48 bits per heavy atom. The molecule has 1 heterocycles. The molecule has 0 fully saturated rings. The number of anilines is 2. The number of carbonyl (C=O) groups excluding carboxylic acids is 3. The molecule has 0 radical (unpaired) electrons. The number of hydrogen-bond acceptors (Lipinski definition) is 3. The third-order valence-electron chi connectivity index (χ3n) is 7.09. The van der Waals surface area contributed by atoms with Crippen molar-refractivity contribution in [3.63, 3.8) is 0 Å². The first kappa shape index (κ1) is 26.6. The van der Waals surface area contributed by atoms with E-state index in [0.717, 1.165) is 39.9 Å². The average molecular weight is 530 g/mol. The second-order valence-electron chi connectivity index (χ2n) is 9.80. The standard InChI is InChI=1S/C34H31N3O3/c1-23-13-15-24(16-14-23)28-9-3-4-11-30(28)33(39)36-27-19-17-25(18-20-27)34(40)37-21-7-8-26(22-32(38)35-2)29-10-5-6-12-31(29)37/h3-6,9-20,22H,7-8,21H2,1-2H3,(H,35,38)(H,36,39)/b26-22+. The second kappa shape index (κ2) is 11.8. The van der Waals surface area contributed by atoms with Gasteiger partial charge in [-0.2, -0.15) is 0 Å². The summed E-state index contributed by atoms with van der Waals surface area (Å²) in [6.45, 7) is 2.57. The molecule has 0 atom stereocenters. The zero-order chi connectivity index (χ0) is 28.1. The maximum atomic E-state index is 13.6. The molecule has 0 saturated carbocycles. The summed E-state index contributed by atoms with van der Waals surface area (Å²) in [6, 6.07) is 30.3. The molecule has 1 aliphatic heterocycles. The zero-order valence-corrected chi connectivity index (χ0v) is 22.6. The number of hydrogen-bond donors (Lipinski definition) is 2. The van der Waals surface area contributed by atoms with E-state index in [0.29, 0.717) is 29.8 Å². The van der Waals surface area contributed by atoms with E-state index in [1.54, 1.807) is 42.3 Å². The predicted octanol–water partition coefficient (Wildman–Crippen LogP) is 6.48. The lowest BCUT2D eigenvalue weighted by Crippen LogP contribution is -2.31. The van der Waals surface area contributed by atoms with Gasteiger partial charge in [0.05, 0.1) is 5.69 Å². The smallest absolute Gasteiger partial charge is 0.258 e. The van der Waals surface area contributed by atoms with Gasteiger partial charge in [-0.1, -0.05) is 66.2 Å². The van der Waals surface area contributed by atoms with E-state index in [1.165, 1.54) is 0 Å². The third kappa shape index (κ3) is 5.71. The van der Waals surface area contributed by atoms with Crippen molar-refractivity contribution in [3.05, 3.63) is 125 Å². The van der Waals surface area contributed by atoms with Gasteiger partial charge in [-0.3, -0.25) is 14.4 Å². The molecule has 6 nitrogen and oxygen atoms in total. The maximum Gasteiger partial charge on any atom is 0.258 e. The van der Waals surface area contributed by atoms with Gasteiger partial charge in [0, 0.05) is 42.0 Å². The fourth-order valence-corrected chi connectivity index (χ4v) is 4.97. The lowest BCUT2D eigenvalue weighted by atomic mass is 9.98. The molecular formula is C34H31N3O3. The highest BCUT2D eigenvalue weighted by Gasteiger charge is 2.24. The molecule has 0 saturated heterocycles. The molecule has 40 heavy (non-hydrogen) atoms. The van der Waals surface area contributed by atoms with Crippen LogP contribution < -0.4 is 15.5 Å². The third-order valence-corrected chi connectivity index (χ3v) is 7.09. The molecule has 6 heteroatoms. The van der Waals surface area contributed by atoms with Crippen molar-refractivity contribution in [2.75, 3.05) is 23.8 Å². The summed E-state index contributed by atoms with van der Waals surface area (Å²) in [5.74, 6) is -0.507. The number of likely N-dealkylation sites (N-methyl/N-ethyl adjacent to an activating group) is 1. The molecule has 4 aromatic rings. The molecule has 200 valence electrons. The van der Waals surface area contributed by atoms with Crippen molar-refractivity contribution in [3.8, 4) is 11.1 Å². The Labute approximate surface area is 234 Å². The lowest BCUT2D eigenvalue weighted by molar-refractivity contribution is -0.116. The van der Waals surface area contributed by atoms with E-state index >= 15 is 0 Å². The summed E-state index contributed by atoms with van der Waals surface area (Å²) in [7, 11) is 1.60. The number of rotatable bonds is 5. The van der Waals surface area contributed by atoms with Crippen LogP contribution in [0.4, 0.5) is 11.4 Å². The molecule has 0 unspecified atom stereocenters. The Morgan fingerprint density at radius 1 is 0.800 bits per heavy atom. The number of nitrogens with one attached hydrogen (secondary N) is 2. The minimum Gasteiger partial charge on any atom is -0.356 e. The second-order valence-corrected chi connectivity index (χ2v) is 9.80. The average Bonchev–Trinajstić information content (AvgIpc) is 3.17. The molecule has 0 spiro atoms. The summed E-state index contributed by atoms with van der Waals surface area (Å²) >= 11 is 0. The van der Waals surface area contributed by atoms with Gasteiger partial charge in [-0.05, 0) is 72.9 Å². The molecule has 0 bridgehead atoms. The van der Waals surface area contributed by atoms with Crippen LogP contribution in [0.15, 0.2) is 103 Å². The van der Waals surface area contributed by atoms with Crippen LogP contribution in [0.1, 0.15) is 44.7 Å². The van der Waals surface area contributed by atoms with Gasteiger partial charge in [0.15, 0.2) is 0 Å². The van der Waals surface area contributed by atoms with Crippen LogP contribution >= 0.6 is 0 Å². The van der Waals surface area contributed by atoms with Crippen molar-refractivity contribution < 1.29 is 14.4 Å². The van der Waals surface area contributed by atoms with E-state index in [1.807, 2.05) is 79.7 Å². The lowest BCUT2D eigenvalue weighted by Gasteiger charge is -2.23. The minimum absolute atomic E-state index is 0.128. The van der Waals surface area contributed by atoms with E-state index in [4.69, 9.17) is 0 Å². The highest BCUT2D eigenvalue weighted by atomic mass is 16.2. The quantitative estimate of drug-likeness (QED) is 0.290. The molecule has 4 aromatic carbocycles. The van der Waals surface area contributed by atoms with Crippen LogP contribution in [-0.4, -0.2) is 31.3 Å². The van der Waals surface area contributed by atoms with Gasteiger partial charge in [0.2, 0.25) is 5.91 Å². The molecule has 1 aliphatic rings. The van der Waals surface area contributed by atoms with Gasteiger partial charge < -0.3 is 15.5 Å². The summed E-state index contributed by atoms with van der Waals surface area (Å²) < 4.78 is 0. The van der Waals surface area contributed by atoms with Crippen LogP contribution in [0.2, 0.25) is 0 Å². The van der Waals surface area contributed by atoms with E-state index in [9.17, 15) is 14.4 Å². The largest absolute Gasteiger partial charge is 0.356 e. The fraction of sp³-hybridized carbons (Fsp3) is 0.147. The first-order chi connectivity index (χ1) is 19.4. The number of para-hydroxylation sites is 1. The number of benzene rings is 4. The van der Waals surface area contributed by atoms with Gasteiger partial charge in [0.25, 0.3) is 11.8 Å². The van der Waals surface area contributed by atoms with Crippen LogP contribution in [0.3, 0.4) is 0 Å². The monoisotopic (exact) mass is 529 g/mol. The van der Waals surface area contributed by atoms with Crippen molar-refractivity contribution in [1.82, 2.24) is 5.32 Å². The topological polar surface area (TPSA) is 78.5 Å². The van der Waals surface area contributed by atoms with Gasteiger partial charge in [-0.15, -0.1) is 0 Å². The Kier molecular flexibility index (Phi) is 7.87. The number of amides is 3. The fourth-order valence-electron chi connectivity index (χ4n) is 4.97. The molecule has 3 amide bonds. The first-order valence-corrected chi connectivity index (χ1v) is 13.4. The number of aryl methyl sites for hydroxylation is 1.